The van der Waals surface area contributed by atoms with Gasteiger partial charge in [0.1, 0.15) is 5.82 Å². The highest BCUT2D eigenvalue weighted by molar-refractivity contribution is 5.75. The van der Waals surface area contributed by atoms with E-state index < -0.39 is 11.5 Å². The lowest BCUT2D eigenvalue weighted by Gasteiger charge is -2.23. The first-order valence-corrected chi connectivity index (χ1v) is 7.27. The van der Waals surface area contributed by atoms with Gasteiger partial charge in [0.25, 0.3) is 0 Å². The average Bonchev–Trinajstić information content (AvgIpc) is 3.22. The van der Waals surface area contributed by atoms with Crippen LogP contribution in [-0.2, 0) is 16.8 Å². The zero-order valence-electron chi connectivity index (χ0n) is 12.2. The third kappa shape index (κ3) is 2.84. The maximum absolute atomic E-state index is 13.2. The van der Waals surface area contributed by atoms with E-state index >= 15 is 0 Å². The minimum Gasteiger partial charge on any atom is -0.479 e. The van der Waals surface area contributed by atoms with Gasteiger partial charge in [-0.2, -0.15) is 0 Å². The normalized spacial score (nSPS) is 17.2. The summed E-state index contributed by atoms with van der Waals surface area (Å²) >= 11 is 0. The largest absolute Gasteiger partial charge is 0.479 e. The zero-order valence-corrected chi connectivity index (χ0v) is 12.2. The highest BCUT2D eigenvalue weighted by Crippen LogP contribution is 2.37. The van der Waals surface area contributed by atoms with Gasteiger partial charge in [-0.15, -0.1) is 15.0 Å². The van der Waals surface area contributed by atoms with E-state index in [1.165, 1.54) is 16.9 Å². The van der Waals surface area contributed by atoms with E-state index in [2.05, 4.69) is 15.4 Å². The Morgan fingerprint density at radius 3 is 2.91 bits per heavy atom. The van der Waals surface area contributed by atoms with Gasteiger partial charge >= 0.3 is 5.97 Å². The van der Waals surface area contributed by atoms with E-state index in [1.807, 2.05) is 0 Å². The highest BCUT2D eigenvalue weighted by atomic mass is 19.1. The van der Waals surface area contributed by atoms with Crippen LogP contribution in [0.15, 0.2) is 24.3 Å². The molecule has 116 valence electrons. The number of rotatable bonds is 6. The van der Waals surface area contributed by atoms with Gasteiger partial charge in [0.2, 0.25) is 0 Å². The number of nitrogens with zero attached hydrogens (tertiary/aromatic N) is 4. The molecule has 1 unspecified atom stereocenters. The van der Waals surface area contributed by atoms with Crippen molar-refractivity contribution < 1.29 is 14.3 Å². The van der Waals surface area contributed by atoms with Crippen LogP contribution in [0.2, 0.25) is 0 Å². The van der Waals surface area contributed by atoms with Crippen molar-refractivity contribution >= 4 is 5.97 Å². The molecule has 3 rings (SSSR count). The Hall–Kier alpha value is -2.31. The molecule has 1 saturated carbocycles. The summed E-state index contributed by atoms with van der Waals surface area (Å²) in [5, 5.41) is 21.7. The fourth-order valence-electron chi connectivity index (χ4n) is 2.31. The number of hydrogen-bond donors (Lipinski definition) is 1. The Bertz CT molecular complexity index is 698. The number of aromatic nitrogens is 4. The molecule has 1 heterocycles. The first-order chi connectivity index (χ1) is 10.5. The SMILES string of the molecule is CC(CCc1cccc(F)c1)(C(=O)O)n1nnc(C2CC2)n1. The molecule has 22 heavy (non-hydrogen) atoms. The van der Waals surface area contributed by atoms with Gasteiger partial charge in [-0.25, -0.2) is 9.18 Å². The van der Waals surface area contributed by atoms with Crippen LogP contribution < -0.4 is 0 Å². The Morgan fingerprint density at radius 1 is 1.50 bits per heavy atom. The lowest BCUT2D eigenvalue weighted by molar-refractivity contribution is -0.148. The maximum atomic E-state index is 13.2. The molecule has 1 aromatic carbocycles. The minimum atomic E-state index is -1.30. The van der Waals surface area contributed by atoms with Crippen LogP contribution >= 0.6 is 0 Å². The van der Waals surface area contributed by atoms with Gasteiger partial charge in [0, 0.05) is 5.92 Å². The summed E-state index contributed by atoms with van der Waals surface area (Å²) in [6.45, 7) is 1.56. The van der Waals surface area contributed by atoms with Crippen molar-refractivity contribution in [1.29, 1.82) is 0 Å². The predicted molar refractivity (Wildman–Crippen MR) is 75.8 cm³/mol. The van der Waals surface area contributed by atoms with E-state index in [9.17, 15) is 14.3 Å². The van der Waals surface area contributed by atoms with E-state index in [0.29, 0.717) is 18.2 Å². The molecule has 1 atom stereocenters. The first-order valence-electron chi connectivity index (χ1n) is 7.27. The number of tetrazole rings is 1. The molecule has 0 spiro atoms. The van der Waals surface area contributed by atoms with Crippen molar-refractivity contribution in [3.8, 4) is 0 Å². The van der Waals surface area contributed by atoms with Gasteiger partial charge in [0.05, 0.1) is 0 Å². The second kappa shape index (κ2) is 5.47. The summed E-state index contributed by atoms with van der Waals surface area (Å²) in [6, 6.07) is 6.16. The Labute approximate surface area is 127 Å². The topological polar surface area (TPSA) is 80.9 Å². The van der Waals surface area contributed by atoms with Crippen molar-refractivity contribution in [1.82, 2.24) is 20.2 Å². The molecule has 0 aliphatic heterocycles. The van der Waals surface area contributed by atoms with E-state index in [-0.39, 0.29) is 12.2 Å². The Balaban J connectivity index is 1.79. The number of carboxylic acid groups (broad SMARTS) is 1. The molecular weight excluding hydrogens is 287 g/mol. The summed E-state index contributed by atoms with van der Waals surface area (Å²) < 4.78 is 13.2. The van der Waals surface area contributed by atoms with Crippen molar-refractivity contribution in [3.63, 3.8) is 0 Å². The van der Waals surface area contributed by atoms with Gasteiger partial charge in [-0.05, 0) is 55.5 Å². The summed E-state index contributed by atoms with van der Waals surface area (Å²) in [7, 11) is 0. The molecule has 0 amide bonds. The van der Waals surface area contributed by atoms with Gasteiger partial charge in [0.15, 0.2) is 11.4 Å². The minimum absolute atomic E-state index is 0.256. The quantitative estimate of drug-likeness (QED) is 0.884. The third-order valence-corrected chi connectivity index (χ3v) is 4.06. The van der Waals surface area contributed by atoms with Crippen LogP contribution in [0.3, 0.4) is 0 Å². The molecular formula is C15H17FN4O2. The fraction of sp³-hybridized carbons (Fsp3) is 0.467. The van der Waals surface area contributed by atoms with Crippen LogP contribution in [0, 0.1) is 5.82 Å². The van der Waals surface area contributed by atoms with Crippen LogP contribution in [0.1, 0.15) is 43.5 Å². The standard InChI is InChI=1S/C15H17FN4O2/c1-15(14(21)22,8-7-10-3-2-4-12(16)9-10)20-18-13(17-19-20)11-5-6-11/h2-4,9,11H,5-8H2,1H3,(H,21,22). The van der Waals surface area contributed by atoms with Gasteiger partial charge in [-0.3, -0.25) is 0 Å². The second-order valence-electron chi connectivity index (χ2n) is 5.92. The van der Waals surface area contributed by atoms with Crippen molar-refractivity contribution in [2.45, 2.75) is 44.1 Å². The Kier molecular flexibility index (Phi) is 3.64. The smallest absolute Gasteiger partial charge is 0.333 e. The predicted octanol–water partition coefficient (Wildman–Crippen LogP) is 2.12. The molecule has 0 bridgehead atoms. The van der Waals surface area contributed by atoms with E-state index in [1.54, 1.807) is 19.1 Å². The third-order valence-electron chi connectivity index (χ3n) is 4.06. The van der Waals surface area contributed by atoms with Crippen LogP contribution in [0.5, 0.6) is 0 Å². The summed E-state index contributed by atoms with van der Waals surface area (Å²) in [5.74, 6) is -0.429. The molecule has 1 aromatic heterocycles. The number of aliphatic carboxylic acids is 1. The lowest BCUT2D eigenvalue weighted by atomic mass is 9.94. The number of carboxylic acids is 1. The molecule has 2 aromatic rings. The van der Waals surface area contributed by atoms with E-state index in [0.717, 1.165) is 18.4 Å². The number of carbonyl (C=O) groups is 1. The lowest BCUT2D eigenvalue weighted by Crippen LogP contribution is -2.41. The van der Waals surface area contributed by atoms with E-state index in [4.69, 9.17) is 0 Å². The number of benzene rings is 1. The van der Waals surface area contributed by atoms with Crippen molar-refractivity contribution in [2.75, 3.05) is 0 Å². The van der Waals surface area contributed by atoms with Gasteiger partial charge in [-0.1, -0.05) is 12.1 Å². The molecule has 7 heteroatoms. The van der Waals surface area contributed by atoms with Crippen LogP contribution in [-0.4, -0.2) is 31.3 Å². The first kappa shape index (κ1) is 14.6. The zero-order chi connectivity index (χ0) is 15.7. The number of aryl methyl sites for hydroxylation is 1. The second-order valence-corrected chi connectivity index (χ2v) is 5.92. The molecule has 6 nitrogen and oxygen atoms in total. The highest BCUT2D eigenvalue weighted by Gasteiger charge is 2.39. The maximum Gasteiger partial charge on any atom is 0.333 e. The van der Waals surface area contributed by atoms with Crippen LogP contribution in [0.4, 0.5) is 4.39 Å². The Morgan fingerprint density at radius 2 is 2.27 bits per heavy atom. The monoisotopic (exact) mass is 304 g/mol. The molecule has 1 aliphatic rings. The molecule has 0 radical (unpaired) electrons. The molecule has 1 aliphatic carbocycles. The van der Waals surface area contributed by atoms with Crippen molar-refractivity contribution in [3.05, 3.63) is 41.5 Å². The summed E-state index contributed by atoms with van der Waals surface area (Å²) in [5.41, 5.74) is -0.554. The summed E-state index contributed by atoms with van der Waals surface area (Å²) in [4.78, 5) is 12.9. The molecule has 0 saturated heterocycles. The summed E-state index contributed by atoms with van der Waals surface area (Å²) in [6.07, 6.45) is 2.73. The number of halogens is 1. The molecule has 1 N–H and O–H groups in total. The van der Waals surface area contributed by atoms with Crippen LogP contribution in [0.25, 0.3) is 0 Å². The van der Waals surface area contributed by atoms with Gasteiger partial charge < -0.3 is 5.11 Å². The average molecular weight is 304 g/mol. The number of hydrogen-bond acceptors (Lipinski definition) is 4. The van der Waals surface area contributed by atoms with Crippen molar-refractivity contribution in [2.24, 2.45) is 0 Å². The fourth-order valence-corrected chi connectivity index (χ4v) is 2.31. The molecule has 1 fully saturated rings.